The van der Waals surface area contributed by atoms with Gasteiger partial charge in [0.25, 0.3) is 5.91 Å². The molecular weight excluding hydrogens is 455 g/mol. The fourth-order valence-corrected chi connectivity index (χ4v) is 4.72. The molecule has 1 fully saturated rings. The smallest absolute Gasteiger partial charge is 0.272 e. The lowest BCUT2D eigenvalue weighted by atomic mass is 9.95. The Bertz CT molecular complexity index is 1110. The molecule has 31 heavy (non-hydrogen) atoms. The fourth-order valence-electron chi connectivity index (χ4n) is 4.08. The topological polar surface area (TPSA) is 59.8 Å². The molecular formula is C23H23Cl3N4O. The summed E-state index contributed by atoms with van der Waals surface area (Å²) < 4.78 is 1.86. The molecule has 0 saturated heterocycles. The van der Waals surface area contributed by atoms with Gasteiger partial charge in [-0.3, -0.25) is 9.36 Å². The van der Waals surface area contributed by atoms with Crippen LogP contribution in [0.1, 0.15) is 55.2 Å². The van der Waals surface area contributed by atoms with Crippen LogP contribution < -0.4 is 5.32 Å². The Morgan fingerprint density at radius 3 is 2.52 bits per heavy atom. The molecule has 0 unspecified atom stereocenters. The molecule has 2 heterocycles. The molecule has 162 valence electrons. The normalized spacial score (nSPS) is 14.6. The summed E-state index contributed by atoms with van der Waals surface area (Å²) in [6.07, 6.45) is 7.71. The Morgan fingerprint density at radius 1 is 1.10 bits per heavy atom. The highest BCUT2D eigenvalue weighted by Gasteiger charge is 2.26. The maximum absolute atomic E-state index is 13.2. The first-order valence-electron chi connectivity index (χ1n) is 10.5. The van der Waals surface area contributed by atoms with Crippen molar-refractivity contribution < 1.29 is 4.79 Å². The molecule has 0 atom stereocenters. The summed E-state index contributed by atoms with van der Waals surface area (Å²) in [5.41, 5.74) is 1.80. The minimum absolute atomic E-state index is 0.170. The number of carbonyl (C=O) groups is 1. The number of aromatic nitrogens is 3. The number of imidazole rings is 1. The predicted molar refractivity (Wildman–Crippen MR) is 126 cm³/mol. The lowest BCUT2D eigenvalue weighted by molar-refractivity contribution is 0.0922. The van der Waals surface area contributed by atoms with Crippen LogP contribution in [-0.4, -0.2) is 26.5 Å². The van der Waals surface area contributed by atoms with Crippen molar-refractivity contribution in [2.24, 2.45) is 0 Å². The van der Waals surface area contributed by atoms with Gasteiger partial charge >= 0.3 is 0 Å². The molecule has 0 bridgehead atoms. The second-order valence-electron chi connectivity index (χ2n) is 7.68. The second kappa shape index (κ2) is 9.60. The SMILES string of the molecule is CCc1c(C(=O)NC2CCCCC2)nc(-c2ccc(Cl)cc2Cl)n1-c1cc(Cl)ccn1. The van der Waals surface area contributed by atoms with Gasteiger partial charge in [-0.2, -0.15) is 0 Å². The van der Waals surface area contributed by atoms with Gasteiger partial charge in [0.15, 0.2) is 5.69 Å². The first-order chi connectivity index (χ1) is 15.0. The van der Waals surface area contributed by atoms with E-state index in [1.807, 2.05) is 11.5 Å². The van der Waals surface area contributed by atoms with Crippen molar-refractivity contribution in [2.75, 3.05) is 0 Å². The van der Waals surface area contributed by atoms with E-state index in [1.54, 1.807) is 36.5 Å². The standard InChI is InChI=1S/C23H23Cl3N4O/c1-2-19-21(23(31)28-16-6-4-3-5-7-16)29-22(17-9-8-14(24)12-18(17)26)30(19)20-13-15(25)10-11-27-20/h8-13,16H,2-7H2,1H3,(H,28,31). The van der Waals surface area contributed by atoms with Crippen molar-refractivity contribution in [2.45, 2.75) is 51.5 Å². The highest BCUT2D eigenvalue weighted by atomic mass is 35.5. The molecule has 8 heteroatoms. The number of nitrogens with zero attached hydrogens (tertiary/aromatic N) is 3. The Kier molecular flexibility index (Phi) is 6.85. The third-order valence-corrected chi connectivity index (χ3v) is 6.35. The van der Waals surface area contributed by atoms with Crippen molar-refractivity contribution in [3.63, 3.8) is 0 Å². The summed E-state index contributed by atoms with van der Waals surface area (Å²) >= 11 is 18.9. The van der Waals surface area contributed by atoms with Crippen LogP contribution in [0, 0.1) is 0 Å². The van der Waals surface area contributed by atoms with Crippen LogP contribution in [0.3, 0.4) is 0 Å². The van der Waals surface area contributed by atoms with Gasteiger partial charge in [0, 0.05) is 33.9 Å². The van der Waals surface area contributed by atoms with Gasteiger partial charge in [-0.05, 0) is 43.5 Å². The zero-order valence-electron chi connectivity index (χ0n) is 17.2. The Hall–Kier alpha value is -2.08. The van der Waals surface area contributed by atoms with E-state index in [1.165, 1.54) is 6.42 Å². The lowest BCUT2D eigenvalue weighted by Gasteiger charge is -2.22. The van der Waals surface area contributed by atoms with E-state index >= 15 is 0 Å². The molecule has 3 aromatic rings. The molecule has 1 N–H and O–H groups in total. The van der Waals surface area contributed by atoms with Crippen LogP contribution >= 0.6 is 34.8 Å². The van der Waals surface area contributed by atoms with E-state index in [0.29, 0.717) is 44.4 Å². The molecule has 1 amide bonds. The molecule has 1 saturated carbocycles. The zero-order valence-corrected chi connectivity index (χ0v) is 19.4. The van der Waals surface area contributed by atoms with E-state index in [4.69, 9.17) is 39.8 Å². The summed E-state index contributed by atoms with van der Waals surface area (Å²) in [5, 5.41) is 4.69. The number of carbonyl (C=O) groups excluding carboxylic acids is 1. The summed E-state index contributed by atoms with van der Waals surface area (Å²) in [5.74, 6) is 0.938. The quantitative estimate of drug-likeness (QED) is 0.455. The van der Waals surface area contributed by atoms with Gasteiger partial charge in [0.2, 0.25) is 0 Å². The number of amides is 1. The molecule has 0 spiro atoms. The maximum Gasteiger partial charge on any atom is 0.272 e. The van der Waals surface area contributed by atoms with Gasteiger partial charge < -0.3 is 5.32 Å². The minimum atomic E-state index is -0.170. The fraction of sp³-hybridized carbons (Fsp3) is 0.348. The molecule has 0 radical (unpaired) electrons. The summed E-state index contributed by atoms with van der Waals surface area (Å²) in [4.78, 5) is 22.5. The summed E-state index contributed by atoms with van der Waals surface area (Å²) in [6.45, 7) is 1.99. The van der Waals surface area contributed by atoms with Crippen LogP contribution in [0.25, 0.3) is 17.2 Å². The molecule has 0 aliphatic heterocycles. The zero-order chi connectivity index (χ0) is 22.0. The lowest BCUT2D eigenvalue weighted by Crippen LogP contribution is -2.36. The number of benzene rings is 1. The van der Waals surface area contributed by atoms with E-state index in [2.05, 4.69) is 10.3 Å². The molecule has 2 aromatic heterocycles. The molecule has 5 nitrogen and oxygen atoms in total. The molecule has 1 aliphatic carbocycles. The summed E-state index contributed by atoms with van der Waals surface area (Å²) in [7, 11) is 0. The van der Waals surface area contributed by atoms with Crippen molar-refractivity contribution in [1.29, 1.82) is 0 Å². The highest BCUT2D eigenvalue weighted by Crippen LogP contribution is 2.33. The monoisotopic (exact) mass is 476 g/mol. The summed E-state index contributed by atoms with van der Waals surface area (Å²) in [6, 6.07) is 8.85. The Labute approximate surface area is 196 Å². The number of rotatable bonds is 5. The minimum Gasteiger partial charge on any atom is -0.348 e. The third kappa shape index (κ3) is 4.74. The van der Waals surface area contributed by atoms with Crippen LogP contribution in [0.15, 0.2) is 36.5 Å². The maximum atomic E-state index is 13.2. The Morgan fingerprint density at radius 2 is 1.84 bits per heavy atom. The van der Waals surface area contributed by atoms with Gasteiger partial charge in [-0.15, -0.1) is 0 Å². The van der Waals surface area contributed by atoms with Crippen molar-refractivity contribution in [3.8, 4) is 17.2 Å². The van der Waals surface area contributed by atoms with E-state index in [0.717, 1.165) is 31.4 Å². The van der Waals surface area contributed by atoms with Crippen molar-refractivity contribution >= 4 is 40.7 Å². The number of nitrogens with one attached hydrogen (secondary N) is 1. The van der Waals surface area contributed by atoms with Gasteiger partial charge in [-0.25, -0.2) is 9.97 Å². The molecule has 1 aromatic carbocycles. The van der Waals surface area contributed by atoms with Crippen LogP contribution in [0.5, 0.6) is 0 Å². The van der Waals surface area contributed by atoms with E-state index < -0.39 is 0 Å². The number of hydrogen-bond acceptors (Lipinski definition) is 3. The van der Waals surface area contributed by atoms with Gasteiger partial charge in [0.1, 0.15) is 11.6 Å². The van der Waals surface area contributed by atoms with E-state index in [9.17, 15) is 4.79 Å². The van der Waals surface area contributed by atoms with Crippen LogP contribution in [0.2, 0.25) is 15.1 Å². The third-order valence-electron chi connectivity index (χ3n) is 5.57. The van der Waals surface area contributed by atoms with Crippen molar-refractivity contribution in [3.05, 3.63) is 63.0 Å². The van der Waals surface area contributed by atoms with Crippen molar-refractivity contribution in [1.82, 2.24) is 19.9 Å². The number of hydrogen-bond donors (Lipinski definition) is 1. The number of halogens is 3. The largest absolute Gasteiger partial charge is 0.348 e. The van der Waals surface area contributed by atoms with E-state index in [-0.39, 0.29) is 11.9 Å². The molecule has 4 rings (SSSR count). The second-order valence-corrected chi connectivity index (χ2v) is 8.96. The highest BCUT2D eigenvalue weighted by molar-refractivity contribution is 6.36. The predicted octanol–water partition coefficient (Wildman–Crippen LogP) is 6.52. The Balaban J connectivity index is 1.85. The molecule has 1 aliphatic rings. The number of pyridine rings is 1. The first kappa shape index (κ1) is 22.1. The van der Waals surface area contributed by atoms with Gasteiger partial charge in [0.05, 0.1) is 10.7 Å². The first-order valence-corrected chi connectivity index (χ1v) is 11.6. The van der Waals surface area contributed by atoms with Crippen LogP contribution in [-0.2, 0) is 6.42 Å². The van der Waals surface area contributed by atoms with Crippen LogP contribution in [0.4, 0.5) is 0 Å². The average molecular weight is 478 g/mol. The van der Waals surface area contributed by atoms with Gasteiger partial charge in [-0.1, -0.05) is 61.0 Å². The average Bonchev–Trinajstić information content (AvgIpc) is 3.14.